The third kappa shape index (κ3) is 3.80. The molecule has 0 bridgehead atoms. The molecule has 3 aromatic heterocycles. The van der Waals surface area contributed by atoms with Crippen LogP contribution in [0.1, 0.15) is 20.9 Å². The molecule has 10 heteroatoms. The Morgan fingerprint density at radius 3 is 2.56 bits per heavy atom. The third-order valence-corrected chi connectivity index (χ3v) is 4.36. The van der Waals surface area contributed by atoms with Gasteiger partial charge in [0.05, 0.1) is 5.69 Å². The Morgan fingerprint density at radius 1 is 1.16 bits per heavy atom. The fourth-order valence-electron chi connectivity index (χ4n) is 1.91. The highest BCUT2D eigenvalue weighted by Crippen LogP contribution is 2.28. The van der Waals surface area contributed by atoms with E-state index in [2.05, 4.69) is 36.1 Å². The molecule has 3 aromatic rings. The molecule has 0 atom stereocenters. The second kappa shape index (κ2) is 7.09. The van der Waals surface area contributed by atoms with Crippen LogP contribution >= 0.6 is 11.3 Å². The van der Waals surface area contributed by atoms with Gasteiger partial charge in [-0.05, 0) is 26.0 Å². The molecule has 3 rings (SSSR count). The van der Waals surface area contributed by atoms with Gasteiger partial charge in [-0.3, -0.25) is 20.6 Å². The van der Waals surface area contributed by atoms with Crippen molar-refractivity contribution in [3.8, 4) is 0 Å². The Labute approximate surface area is 147 Å². The van der Waals surface area contributed by atoms with E-state index >= 15 is 0 Å². The summed E-state index contributed by atoms with van der Waals surface area (Å²) in [4.78, 5) is 29.6. The molecule has 3 heterocycles. The minimum Gasteiger partial charge on any atom is -0.393 e. The van der Waals surface area contributed by atoms with Gasteiger partial charge in [-0.1, -0.05) is 0 Å². The first kappa shape index (κ1) is 16.6. The monoisotopic (exact) mass is 356 g/mol. The summed E-state index contributed by atoms with van der Waals surface area (Å²) in [5.74, 6) is 0.357. The number of amides is 1. The van der Waals surface area contributed by atoms with E-state index in [0.717, 1.165) is 10.6 Å². The second-order valence-electron chi connectivity index (χ2n) is 5.09. The summed E-state index contributed by atoms with van der Waals surface area (Å²) < 4.78 is 0. The number of rotatable bonds is 5. The maximum atomic E-state index is 12.0. The number of aryl methyl sites for hydroxylation is 2. The van der Waals surface area contributed by atoms with Crippen molar-refractivity contribution >= 4 is 39.7 Å². The van der Waals surface area contributed by atoms with E-state index < -0.39 is 0 Å². The molecule has 0 aromatic carbocycles. The van der Waals surface area contributed by atoms with Gasteiger partial charge in [-0.15, -0.1) is 11.3 Å². The Balaban J connectivity index is 1.71. The average Bonchev–Trinajstić information content (AvgIpc) is 2.93. The summed E-state index contributed by atoms with van der Waals surface area (Å²) in [6.45, 7) is 3.92. The number of anilines is 4. The highest BCUT2D eigenvalue weighted by atomic mass is 32.1. The van der Waals surface area contributed by atoms with E-state index in [1.54, 1.807) is 12.1 Å². The molecule has 0 aliphatic rings. The molecule has 0 saturated carbocycles. The van der Waals surface area contributed by atoms with Crippen molar-refractivity contribution in [2.45, 2.75) is 13.8 Å². The lowest BCUT2D eigenvalue weighted by Gasteiger charge is -2.12. The normalized spacial score (nSPS) is 10.3. The van der Waals surface area contributed by atoms with Gasteiger partial charge in [0.15, 0.2) is 16.8 Å². The van der Waals surface area contributed by atoms with Crippen LogP contribution in [0.25, 0.3) is 0 Å². The first-order valence-electron chi connectivity index (χ1n) is 7.32. The van der Waals surface area contributed by atoms with Crippen LogP contribution in [0.5, 0.6) is 0 Å². The minimum absolute atomic E-state index is 0.267. The first-order valence-corrected chi connectivity index (χ1v) is 8.14. The molecule has 0 radical (unpaired) electrons. The number of hydrogen-bond acceptors (Lipinski definition) is 9. The zero-order chi connectivity index (χ0) is 17.8. The Morgan fingerprint density at radius 2 is 1.88 bits per heavy atom. The summed E-state index contributed by atoms with van der Waals surface area (Å²) in [6.07, 6.45) is 4.41. The van der Waals surface area contributed by atoms with Gasteiger partial charge in [0.2, 0.25) is 0 Å². The van der Waals surface area contributed by atoms with Gasteiger partial charge < -0.3 is 11.1 Å². The van der Waals surface area contributed by atoms with Crippen LogP contribution in [-0.4, -0.2) is 25.8 Å². The molecule has 0 saturated heterocycles. The Hall–Kier alpha value is -3.27. The minimum atomic E-state index is -0.332. The van der Waals surface area contributed by atoms with Crippen LogP contribution in [0.4, 0.5) is 22.5 Å². The largest absolute Gasteiger partial charge is 0.393 e. The second-order valence-corrected chi connectivity index (χ2v) is 6.29. The maximum absolute atomic E-state index is 12.0. The number of pyridine rings is 1. The van der Waals surface area contributed by atoms with Crippen molar-refractivity contribution in [2.75, 3.05) is 16.5 Å². The molecule has 5 N–H and O–H groups in total. The van der Waals surface area contributed by atoms with E-state index in [1.165, 1.54) is 30.1 Å². The van der Waals surface area contributed by atoms with E-state index in [9.17, 15) is 4.79 Å². The Bertz CT molecular complexity index is 876. The molecule has 0 fully saturated rings. The smallest absolute Gasteiger partial charge is 0.269 e. The maximum Gasteiger partial charge on any atom is 0.269 e. The van der Waals surface area contributed by atoms with E-state index in [0.29, 0.717) is 16.5 Å². The van der Waals surface area contributed by atoms with Gasteiger partial charge in [0, 0.05) is 22.8 Å². The van der Waals surface area contributed by atoms with Crippen LogP contribution in [0, 0.1) is 13.8 Å². The summed E-state index contributed by atoms with van der Waals surface area (Å²) in [7, 11) is 0. The van der Waals surface area contributed by atoms with Crippen molar-refractivity contribution in [2.24, 2.45) is 0 Å². The number of nitrogens with one attached hydrogen (secondary N) is 3. The van der Waals surface area contributed by atoms with Crippen molar-refractivity contribution in [3.05, 3.63) is 47.0 Å². The number of hydrogen-bond donors (Lipinski definition) is 4. The quantitative estimate of drug-likeness (QED) is 0.511. The van der Waals surface area contributed by atoms with Gasteiger partial charge >= 0.3 is 0 Å². The number of carbonyl (C=O) groups is 1. The predicted octanol–water partition coefficient (Wildman–Crippen LogP) is 2.03. The topological polar surface area (TPSA) is 131 Å². The summed E-state index contributed by atoms with van der Waals surface area (Å²) >= 11 is 1.51. The van der Waals surface area contributed by atoms with Crippen LogP contribution in [0.15, 0.2) is 30.9 Å². The zero-order valence-corrected chi connectivity index (χ0v) is 14.4. The molecular weight excluding hydrogens is 340 g/mol. The fourth-order valence-corrected chi connectivity index (χ4v) is 2.73. The molecule has 0 unspecified atom stereocenters. The number of hydrazine groups is 1. The summed E-state index contributed by atoms with van der Waals surface area (Å²) in [5, 5.41) is 3.75. The summed E-state index contributed by atoms with van der Waals surface area (Å²) in [6, 6.07) is 3.20. The Kier molecular flexibility index (Phi) is 4.70. The SMILES string of the molecule is Cc1nc(Nc2ncnc(NNC(=O)c3ccncc3)c2N)sc1C. The van der Waals surface area contributed by atoms with Crippen LogP contribution in [0.2, 0.25) is 0 Å². The van der Waals surface area contributed by atoms with E-state index in [1.807, 2.05) is 13.8 Å². The fraction of sp³-hybridized carbons (Fsp3) is 0.133. The number of nitrogen functional groups attached to an aromatic ring is 1. The summed E-state index contributed by atoms with van der Waals surface area (Å²) in [5.41, 5.74) is 13.0. The van der Waals surface area contributed by atoms with Gasteiger partial charge in [-0.2, -0.15) is 0 Å². The molecule has 25 heavy (non-hydrogen) atoms. The van der Waals surface area contributed by atoms with E-state index in [4.69, 9.17) is 5.73 Å². The number of carbonyl (C=O) groups excluding carboxylic acids is 1. The molecule has 9 nitrogen and oxygen atoms in total. The molecular formula is C15H16N8OS. The van der Waals surface area contributed by atoms with Crippen LogP contribution in [0.3, 0.4) is 0 Å². The first-order chi connectivity index (χ1) is 12.0. The number of aromatic nitrogens is 4. The lowest BCUT2D eigenvalue weighted by atomic mass is 10.3. The van der Waals surface area contributed by atoms with Crippen molar-refractivity contribution < 1.29 is 4.79 Å². The van der Waals surface area contributed by atoms with Gasteiger partial charge in [0.1, 0.15) is 12.0 Å². The van der Waals surface area contributed by atoms with Gasteiger partial charge in [0.25, 0.3) is 5.91 Å². The average molecular weight is 356 g/mol. The van der Waals surface area contributed by atoms with E-state index in [-0.39, 0.29) is 17.4 Å². The number of thiazole rings is 1. The van der Waals surface area contributed by atoms with Crippen LogP contribution in [-0.2, 0) is 0 Å². The number of nitrogens with two attached hydrogens (primary N) is 1. The van der Waals surface area contributed by atoms with Crippen molar-refractivity contribution in [1.29, 1.82) is 0 Å². The molecule has 128 valence electrons. The molecule has 0 aliphatic heterocycles. The molecule has 0 aliphatic carbocycles. The van der Waals surface area contributed by atoms with Crippen molar-refractivity contribution in [1.82, 2.24) is 25.4 Å². The van der Waals surface area contributed by atoms with Crippen LogP contribution < -0.4 is 21.9 Å². The lowest BCUT2D eigenvalue weighted by molar-refractivity contribution is 0.0962. The van der Waals surface area contributed by atoms with Gasteiger partial charge in [-0.25, -0.2) is 15.0 Å². The highest BCUT2D eigenvalue weighted by molar-refractivity contribution is 7.15. The standard InChI is InChI=1S/C15H16N8OS/c1-8-9(2)25-15(20-8)21-12-11(16)13(19-7-18-12)22-23-14(24)10-3-5-17-6-4-10/h3-7H,16H2,1-2H3,(H,23,24)(H2,18,19,20,21,22). The van der Waals surface area contributed by atoms with Crippen molar-refractivity contribution in [3.63, 3.8) is 0 Å². The molecule has 1 amide bonds. The molecule has 0 spiro atoms. The lowest BCUT2D eigenvalue weighted by Crippen LogP contribution is -2.30. The predicted molar refractivity (Wildman–Crippen MR) is 96.6 cm³/mol. The number of nitrogens with zero attached hydrogens (tertiary/aromatic N) is 4. The zero-order valence-electron chi connectivity index (χ0n) is 13.6. The third-order valence-electron chi connectivity index (χ3n) is 3.37. The highest BCUT2D eigenvalue weighted by Gasteiger charge is 2.12.